The number of aldehydes is 1. The SMILES string of the molecule is CC(=CC=O)C1(O)CCCCC1. The standard InChI is InChI=1S/C10H16O2/c1-9(5-8-11)10(12)6-3-2-4-7-10/h5,8,12H,2-4,6-7H2,1H3. The zero-order chi connectivity index (χ0) is 9.03. The van der Waals surface area contributed by atoms with Gasteiger partial charge < -0.3 is 5.11 Å². The third-order valence-electron chi connectivity index (χ3n) is 2.73. The van der Waals surface area contributed by atoms with Gasteiger partial charge in [0.2, 0.25) is 0 Å². The molecule has 0 aromatic carbocycles. The summed E-state index contributed by atoms with van der Waals surface area (Å²) in [6.45, 7) is 1.83. The second kappa shape index (κ2) is 3.85. The van der Waals surface area contributed by atoms with Gasteiger partial charge in [0.05, 0.1) is 5.60 Å². The molecule has 0 atom stereocenters. The van der Waals surface area contributed by atoms with Crippen molar-refractivity contribution < 1.29 is 9.90 Å². The van der Waals surface area contributed by atoms with Crippen LogP contribution < -0.4 is 0 Å². The smallest absolute Gasteiger partial charge is 0.142 e. The van der Waals surface area contributed by atoms with Crippen molar-refractivity contribution in [3.63, 3.8) is 0 Å². The highest BCUT2D eigenvalue weighted by Crippen LogP contribution is 2.33. The summed E-state index contributed by atoms with van der Waals surface area (Å²) < 4.78 is 0. The molecule has 1 fully saturated rings. The number of rotatable bonds is 2. The maximum absolute atomic E-state index is 10.2. The molecule has 2 heteroatoms. The Morgan fingerprint density at radius 2 is 1.92 bits per heavy atom. The number of carbonyl (C=O) groups is 1. The highest BCUT2D eigenvalue weighted by atomic mass is 16.3. The first-order valence-electron chi connectivity index (χ1n) is 4.54. The van der Waals surface area contributed by atoms with E-state index in [2.05, 4.69) is 0 Å². The molecule has 1 rings (SSSR count). The van der Waals surface area contributed by atoms with E-state index in [4.69, 9.17) is 0 Å². The minimum atomic E-state index is -0.681. The largest absolute Gasteiger partial charge is 0.386 e. The number of hydrogen-bond acceptors (Lipinski definition) is 2. The van der Waals surface area contributed by atoms with Crippen LogP contribution in [0.1, 0.15) is 39.0 Å². The minimum Gasteiger partial charge on any atom is -0.386 e. The number of hydrogen-bond donors (Lipinski definition) is 1. The first-order valence-corrected chi connectivity index (χ1v) is 4.54. The Balaban J connectivity index is 2.68. The van der Waals surface area contributed by atoms with Crippen molar-refractivity contribution in [2.24, 2.45) is 0 Å². The lowest BCUT2D eigenvalue weighted by Crippen LogP contribution is -2.32. The fraction of sp³-hybridized carbons (Fsp3) is 0.700. The number of allylic oxidation sites excluding steroid dienone is 1. The van der Waals surface area contributed by atoms with Crippen LogP contribution in [0.4, 0.5) is 0 Å². The minimum absolute atomic E-state index is 0.681. The molecule has 68 valence electrons. The van der Waals surface area contributed by atoms with Crippen LogP contribution in [0.15, 0.2) is 11.6 Å². The quantitative estimate of drug-likeness (QED) is 0.504. The predicted octanol–water partition coefficient (Wildman–Crippen LogP) is 1.83. The summed E-state index contributed by atoms with van der Waals surface area (Å²) >= 11 is 0. The Kier molecular flexibility index (Phi) is 3.04. The van der Waals surface area contributed by atoms with E-state index in [1.807, 2.05) is 6.92 Å². The molecule has 1 N–H and O–H groups in total. The lowest BCUT2D eigenvalue weighted by atomic mass is 9.80. The molecule has 0 radical (unpaired) electrons. The summed E-state index contributed by atoms with van der Waals surface area (Å²) in [5, 5.41) is 10.0. The van der Waals surface area contributed by atoms with Crippen LogP contribution >= 0.6 is 0 Å². The van der Waals surface area contributed by atoms with E-state index in [1.54, 1.807) is 0 Å². The first kappa shape index (κ1) is 9.46. The van der Waals surface area contributed by atoms with Crippen LogP contribution in [0.3, 0.4) is 0 Å². The molecule has 0 bridgehead atoms. The monoisotopic (exact) mass is 168 g/mol. The fourth-order valence-electron chi connectivity index (χ4n) is 1.79. The average Bonchev–Trinajstić information content (AvgIpc) is 2.06. The topological polar surface area (TPSA) is 37.3 Å². The molecule has 0 amide bonds. The van der Waals surface area contributed by atoms with Gasteiger partial charge in [-0.25, -0.2) is 0 Å². The highest BCUT2D eigenvalue weighted by molar-refractivity contribution is 5.66. The van der Waals surface area contributed by atoms with Crippen LogP contribution in [0.2, 0.25) is 0 Å². The summed E-state index contributed by atoms with van der Waals surface area (Å²) in [6, 6.07) is 0. The summed E-state index contributed by atoms with van der Waals surface area (Å²) in [6.07, 6.45) is 7.19. The van der Waals surface area contributed by atoms with Gasteiger partial charge in [0.15, 0.2) is 0 Å². The first-order chi connectivity index (χ1) is 5.69. The van der Waals surface area contributed by atoms with Gasteiger partial charge in [-0.3, -0.25) is 4.79 Å². The van der Waals surface area contributed by atoms with Crippen molar-refractivity contribution in [1.82, 2.24) is 0 Å². The summed E-state index contributed by atoms with van der Waals surface area (Å²) in [7, 11) is 0. The van der Waals surface area contributed by atoms with Gasteiger partial charge in [0, 0.05) is 0 Å². The van der Waals surface area contributed by atoms with E-state index in [1.165, 1.54) is 12.5 Å². The molecular formula is C10H16O2. The van der Waals surface area contributed by atoms with Crippen molar-refractivity contribution >= 4 is 6.29 Å². The van der Waals surface area contributed by atoms with Crippen molar-refractivity contribution in [3.8, 4) is 0 Å². The lowest BCUT2D eigenvalue weighted by Gasteiger charge is -2.32. The second-order valence-corrected chi connectivity index (χ2v) is 3.58. The van der Waals surface area contributed by atoms with E-state index < -0.39 is 5.60 Å². The molecular weight excluding hydrogens is 152 g/mol. The number of aliphatic hydroxyl groups is 1. The van der Waals surface area contributed by atoms with Crippen LogP contribution in [0, 0.1) is 0 Å². The molecule has 0 aromatic rings. The van der Waals surface area contributed by atoms with E-state index in [0.717, 1.165) is 37.5 Å². The average molecular weight is 168 g/mol. The molecule has 2 nitrogen and oxygen atoms in total. The van der Waals surface area contributed by atoms with Crippen molar-refractivity contribution in [2.75, 3.05) is 0 Å². The Labute approximate surface area is 73.3 Å². The molecule has 0 unspecified atom stereocenters. The van der Waals surface area contributed by atoms with Gasteiger partial charge in [-0.15, -0.1) is 0 Å². The van der Waals surface area contributed by atoms with Gasteiger partial charge in [-0.1, -0.05) is 19.3 Å². The van der Waals surface area contributed by atoms with E-state index in [0.29, 0.717) is 0 Å². The zero-order valence-electron chi connectivity index (χ0n) is 7.55. The van der Waals surface area contributed by atoms with Crippen molar-refractivity contribution in [3.05, 3.63) is 11.6 Å². The second-order valence-electron chi connectivity index (χ2n) is 3.58. The van der Waals surface area contributed by atoms with E-state index in [-0.39, 0.29) is 0 Å². The Morgan fingerprint density at radius 1 is 1.33 bits per heavy atom. The van der Waals surface area contributed by atoms with Crippen molar-refractivity contribution in [2.45, 2.75) is 44.6 Å². The molecule has 0 heterocycles. The van der Waals surface area contributed by atoms with E-state index >= 15 is 0 Å². The molecule has 0 saturated heterocycles. The van der Waals surface area contributed by atoms with E-state index in [9.17, 15) is 9.90 Å². The van der Waals surface area contributed by atoms with Crippen LogP contribution in [0.25, 0.3) is 0 Å². The molecule has 12 heavy (non-hydrogen) atoms. The Bertz CT molecular complexity index is 188. The van der Waals surface area contributed by atoms with Gasteiger partial charge in [0.1, 0.15) is 6.29 Å². The van der Waals surface area contributed by atoms with Gasteiger partial charge in [0.25, 0.3) is 0 Å². The highest BCUT2D eigenvalue weighted by Gasteiger charge is 2.30. The summed E-state index contributed by atoms with van der Waals surface area (Å²) in [4.78, 5) is 10.2. The van der Waals surface area contributed by atoms with Crippen LogP contribution in [0.5, 0.6) is 0 Å². The Morgan fingerprint density at radius 3 is 2.42 bits per heavy atom. The number of carbonyl (C=O) groups excluding carboxylic acids is 1. The van der Waals surface area contributed by atoms with Gasteiger partial charge >= 0.3 is 0 Å². The third-order valence-corrected chi connectivity index (χ3v) is 2.73. The zero-order valence-corrected chi connectivity index (χ0v) is 7.55. The maximum atomic E-state index is 10.2. The normalized spacial score (nSPS) is 23.7. The third kappa shape index (κ3) is 1.95. The van der Waals surface area contributed by atoms with Gasteiger partial charge in [-0.2, -0.15) is 0 Å². The lowest BCUT2D eigenvalue weighted by molar-refractivity contribution is -0.104. The summed E-state index contributed by atoms with van der Waals surface area (Å²) in [5.41, 5.74) is 0.135. The van der Waals surface area contributed by atoms with Gasteiger partial charge in [-0.05, 0) is 31.4 Å². The Hall–Kier alpha value is -0.630. The fourth-order valence-corrected chi connectivity index (χ4v) is 1.79. The summed E-state index contributed by atoms with van der Waals surface area (Å²) in [5.74, 6) is 0. The molecule has 0 spiro atoms. The molecule has 0 aliphatic heterocycles. The van der Waals surface area contributed by atoms with Crippen LogP contribution in [-0.2, 0) is 4.79 Å². The maximum Gasteiger partial charge on any atom is 0.142 e. The van der Waals surface area contributed by atoms with Crippen molar-refractivity contribution in [1.29, 1.82) is 0 Å². The molecule has 1 aliphatic rings. The molecule has 1 saturated carbocycles. The van der Waals surface area contributed by atoms with Crippen LogP contribution in [-0.4, -0.2) is 17.0 Å². The molecule has 1 aliphatic carbocycles. The molecule has 0 aromatic heterocycles. The predicted molar refractivity (Wildman–Crippen MR) is 47.9 cm³/mol.